The van der Waals surface area contributed by atoms with Gasteiger partial charge in [0.15, 0.2) is 0 Å². The van der Waals surface area contributed by atoms with E-state index in [1.807, 2.05) is 61.5 Å². The van der Waals surface area contributed by atoms with Crippen molar-refractivity contribution in [1.82, 2.24) is 0 Å². The minimum absolute atomic E-state index is 0.199. The number of para-hydroxylation sites is 1. The summed E-state index contributed by atoms with van der Waals surface area (Å²) < 4.78 is 5.60. The molecule has 4 rings (SSSR count). The Morgan fingerprint density at radius 2 is 1.74 bits per heavy atom. The van der Waals surface area contributed by atoms with Crippen LogP contribution < -0.4 is 5.32 Å². The number of aryl methyl sites for hydroxylation is 1. The summed E-state index contributed by atoms with van der Waals surface area (Å²) in [5.74, 6) is -0.549. The van der Waals surface area contributed by atoms with Crippen molar-refractivity contribution in [3.63, 3.8) is 0 Å². The lowest BCUT2D eigenvalue weighted by Gasteiger charge is -2.25. The molecule has 1 aliphatic rings. The highest BCUT2D eigenvalue weighted by atomic mass is 16.5. The Labute approximate surface area is 157 Å². The summed E-state index contributed by atoms with van der Waals surface area (Å²) in [6, 6.07) is 22.4. The summed E-state index contributed by atoms with van der Waals surface area (Å²) in [5, 5.41) is 2.87. The van der Waals surface area contributed by atoms with Crippen LogP contribution in [0.4, 0.5) is 5.69 Å². The first-order valence-corrected chi connectivity index (χ1v) is 8.87. The van der Waals surface area contributed by atoms with Crippen molar-refractivity contribution in [3.8, 4) is 0 Å². The first kappa shape index (κ1) is 17.0. The quantitative estimate of drug-likeness (QED) is 0.691. The smallest absolute Gasteiger partial charge is 0.339 e. The molecular weight excluding hydrogens is 338 g/mol. The maximum atomic E-state index is 12.5. The number of benzene rings is 3. The van der Waals surface area contributed by atoms with Gasteiger partial charge in [0.25, 0.3) is 5.91 Å². The largest absolute Gasteiger partial charge is 0.454 e. The second-order valence-electron chi connectivity index (χ2n) is 6.70. The lowest BCUT2D eigenvalue weighted by Crippen LogP contribution is -2.23. The zero-order valence-corrected chi connectivity index (χ0v) is 14.9. The van der Waals surface area contributed by atoms with E-state index in [0.29, 0.717) is 17.5 Å². The van der Waals surface area contributed by atoms with Crippen molar-refractivity contribution in [2.24, 2.45) is 0 Å². The van der Waals surface area contributed by atoms with Gasteiger partial charge in [-0.2, -0.15) is 0 Å². The summed E-state index contributed by atoms with van der Waals surface area (Å²) in [5.41, 5.74) is 4.72. The van der Waals surface area contributed by atoms with Gasteiger partial charge in [0.2, 0.25) is 0 Å². The summed E-state index contributed by atoms with van der Waals surface area (Å²) >= 11 is 0. The first-order valence-electron chi connectivity index (χ1n) is 8.87. The lowest BCUT2D eigenvalue weighted by molar-refractivity contribution is 0.0252. The molecule has 4 nitrogen and oxygen atoms in total. The molecule has 3 aromatic rings. The molecule has 0 aromatic heterocycles. The number of carbonyl (C=O) groups excluding carboxylic acids is 2. The van der Waals surface area contributed by atoms with Crippen LogP contribution in [0, 0.1) is 6.92 Å². The van der Waals surface area contributed by atoms with Crippen LogP contribution in [0.15, 0.2) is 72.8 Å². The Hall–Kier alpha value is -3.40. The molecule has 1 heterocycles. The van der Waals surface area contributed by atoms with E-state index < -0.39 is 0 Å². The molecular formula is C23H19NO3. The highest BCUT2D eigenvalue weighted by molar-refractivity contribution is 6.05. The molecule has 0 saturated carbocycles. The standard InChI is InChI=1S/C23H19NO3/c1-15-7-9-16(10-8-15)21-14-18-13-17(11-12-20(18)23(26)27-21)22(25)24-19-5-3-2-4-6-19/h2-13,21H,14H2,1H3,(H,24,25). The third-order valence-electron chi connectivity index (χ3n) is 4.72. The van der Waals surface area contributed by atoms with E-state index in [9.17, 15) is 9.59 Å². The highest BCUT2D eigenvalue weighted by Gasteiger charge is 2.28. The molecule has 134 valence electrons. The monoisotopic (exact) mass is 357 g/mol. The molecule has 1 aliphatic heterocycles. The van der Waals surface area contributed by atoms with Crippen LogP contribution in [-0.4, -0.2) is 11.9 Å². The normalized spacial score (nSPS) is 15.6. The summed E-state index contributed by atoms with van der Waals surface area (Å²) in [6.07, 6.45) is 0.217. The number of nitrogens with one attached hydrogen (secondary N) is 1. The van der Waals surface area contributed by atoms with Crippen molar-refractivity contribution < 1.29 is 14.3 Å². The van der Waals surface area contributed by atoms with Crippen molar-refractivity contribution in [3.05, 3.63) is 101 Å². The van der Waals surface area contributed by atoms with Gasteiger partial charge < -0.3 is 10.1 Å². The average Bonchev–Trinajstić information content (AvgIpc) is 2.69. The van der Waals surface area contributed by atoms with Crippen LogP contribution in [0.1, 0.15) is 43.5 Å². The van der Waals surface area contributed by atoms with Crippen LogP contribution in [0.25, 0.3) is 0 Å². The van der Waals surface area contributed by atoms with Crippen molar-refractivity contribution in [2.45, 2.75) is 19.4 Å². The van der Waals surface area contributed by atoms with Gasteiger partial charge >= 0.3 is 5.97 Å². The number of anilines is 1. The van der Waals surface area contributed by atoms with E-state index in [1.54, 1.807) is 18.2 Å². The van der Waals surface area contributed by atoms with Crippen LogP contribution in [0.2, 0.25) is 0 Å². The van der Waals surface area contributed by atoms with E-state index in [0.717, 1.165) is 22.4 Å². The van der Waals surface area contributed by atoms with Gasteiger partial charge in [-0.05, 0) is 48.4 Å². The third-order valence-corrected chi connectivity index (χ3v) is 4.72. The van der Waals surface area contributed by atoms with Gasteiger partial charge in [-0.25, -0.2) is 4.79 Å². The zero-order valence-electron chi connectivity index (χ0n) is 14.9. The maximum absolute atomic E-state index is 12.5. The Bertz CT molecular complexity index is 994. The Balaban J connectivity index is 1.59. The number of carbonyl (C=O) groups is 2. The van der Waals surface area contributed by atoms with Crippen molar-refractivity contribution >= 4 is 17.6 Å². The molecule has 3 aromatic carbocycles. The zero-order chi connectivity index (χ0) is 18.8. The van der Waals surface area contributed by atoms with Gasteiger partial charge in [-0.1, -0.05) is 48.0 Å². The highest BCUT2D eigenvalue weighted by Crippen LogP contribution is 2.31. The Morgan fingerprint density at radius 3 is 2.48 bits per heavy atom. The third kappa shape index (κ3) is 3.60. The first-order chi connectivity index (χ1) is 13.1. The average molecular weight is 357 g/mol. The van der Waals surface area contributed by atoms with E-state index >= 15 is 0 Å². The fourth-order valence-corrected chi connectivity index (χ4v) is 3.23. The number of hydrogen-bond acceptors (Lipinski definition) is 3. The van der Waals surface area contributed by atoms with Crippen LogP contribution in [-0.2, 0) is 11.2 Å². The molecule has 4 heteroatoms. The molecule has 1 N–H and O–H groups in total. The van der Waals surface area contributed by atoms with Crippen LogP contribution >= 0.6 is 0 Å². The fourth-order valence-electron chi connectivity index (χ4n) is 3.23. The number of fused-ring (bicyclic) bond motifs is 1. The van der Waals surface area contributed by atoms with Gasteiger partial charge in [0.05, 0.1) is 5.56 Å². The Morgan fingerprint density at radius 1 is 1.00 bits per heavy atom. The SMILES string of the molecule is Cc1ccc(C2Cc3cc(C(=O)Nc4ccccc4)ccc3C(=O)O2)cc1. The Kier molecular flexibility index (Phi) is 4.47. The van der Waals surface area contributed by atoms with Gasteiger partial charge in [-0.3, -0.25) is 4.79 Å². The minimum atomic E-state index is -0.350. The van der Waals surface area contributed by atoms with E-state index in [1.165, 1.54) is 0 Å². The van der Waals surface area contributed by atoms with Gasteiger partial charge in [0, 0.05) is 17.7 Å². The molecule has 27 heavy (non-hydrogen) atoms. The summed E-state index contributed by atoms with van der Waals surface area (Å²) in [4.78, 5) is 24.9. The number of cyclic esters (lactones) is 1. The van der Waals surface area contributed by atoms with Crippen LogP contribution in [0.3, 0.4) is 0 Å². The molecule has 1 amide bonds. The van der Waals surface area contributed by atoms with Crippen LogP contribution in [0.5, 0.6) is 0 Å². The van der Waals surface area contributed by atoms with E-state index in [-0.39, 0.29) is 18.0 Å². The van der Waals surface area contributed by atoms with E-state index in [2.05, 4.69) is 5.32 Å². The number of esters is 1. The fraction of sp³-hybridized carbons (Fsp3) is 0.130. The van der Waals surface area contributed by atoms with E-state index in [4.69, 9.17) is 4.74 Å². The lowest BCUT2D eigenvalue weighted by atomic mass is 9.92. The molecule has 0 bridgehead atoms. The molecule has 0 aliphatic carbocycles. The summed E-state index contributed by atoms with van der Waals surface area (Å²) in [7, 11) is 0. The topological polar surface area (TPSA) is 55.4 Å². The molecule has 0 fully saturated rings. The molecule has 1 atom stereocenters. The molecule has 1 unspecified atom stereocenters. The maximum Gasteiger partial charge on any atom is 0.339 e. The second-order valence-corrected chi connectivity index (χ2v) is 6.70. The summed E-state index contributed by atoms with van der Waals surface area (Å²) in [6.45, 7) is 2.02. The predicted molar refractivity (Wildman–Crippen MR) is 104 cm³/mol. The molecule has 0 spiro atoms. The second kappa shape index (κ2) is 7.08. The number of amides is 1. The van der Waals surface area contributed by atoms with Gasteiger partial charge in [0.1, 0.15) is 6.10 Å². The molecule has 0 radical (unpaired) electrons. The van der Waals surface area contributed by atoms with Crippen molar-refractivity contribution in [2.75, 3.05) is 5.32 Å². The predicted octanol–water partition coefficient (Wildman–Crippen LogP) is 4.70. The van der Waals surface area contributed by atoms with Gasteiger partial charge in [-0.15, -0.1) is 0 Å². The minimum Gasteiger partial charge on any atom is -0.454 e. The number of rotatable bonds is 3. The number of ether oxygens (including phenoxy) is 1. The molecule has 0 saturated heterocycles. The number of hydrogen-bond donors (Lipinski definition) is 1. The van der Waals surface area contributed by atoms with Crippen molar-refractivity contribution in [1.29, 1.82) is 0 Å².